The van der Waals surface area contributed by atoms with Crippen molar-refractivity contribution in [3.63, 3.8) is 0 Å². The fraction of sp³-hybridized carbons (Fsp3) is 0.429. The van der Waals surface area contributed by atoms with Crippen molar-refractivity contribution in [2.45, 2.75) is 19.2 Å². The smallest absolute Gasteiger partial charge is 0.336 e. The molecule has 0 spiro atoms. The van der Waals surface area contributed by atoms with Crippen LogP contribution in [0, 0.1) is 11.2 Å². The van der Waals surface area contributed by atoms with Gasteiger partial charge in [-0.15, -0.1) is 0 Å². The van der Waals surface area contributed by atoms with E-state index in [1.807, 2.05) is 0 Å². The highest BCUT2D eigenvalue weighted by molar-refractivity contribution is 6.67. The van der Waals surface area contributed by atoms with Gasteiger partial charge in [-0.2, -0.15) is 0 Å². The third-order valence-electron chi connectivity index (χ3n) is 3.82. The number of nitriles is 1. The average molecular weight is 288 g/mol. The zero-order valence-corrected chi connectivity index (χ0v) is 11.9. The standard InChI is InChI=1S/C14H17BN2O4/c1-21-13-7-11(14(19)20)10(8-18)6-12(13)17-4-2-15(9-16)3-5-17/h6-7,18H,2-5,8H2,1H3,(H,19,20). The van der Waals surface area contributed by atoms with E-state index in [1.165, 1.54) is 13.2 Å². The largest absolute Gasteiger partial charge is 0.495 e. The van der Waals surface area contributed by atoms with Gasteiger partial charge in [0.15, 0.2) is 0 Å². The molecule has 110 valence electrons. The molecule has 0 amide bonds. The molecule has 1 aromatic carbocycles. The van der Waals surface area contributed by atoms with Crippen LogP contribution in [0.1, 0.15) is 15.9 Å². The molecule has 6 nitrogen and oxygen atoms in total. The Bertz CT molecular complexity index is 577. The normalized spacial score (nSPS) is 14.7. The Morgan fingerprint density at radius 1 is 1.48 bits per heavy atom. The third kappa shape index (κ3) is 3.11. The summed E-state index contributed by atoms with van der Waals surface area (Å²) in [5.74, 6) is 1.66. The number of ether oxygens (including phenoxy) is 1. The third-order valence-corrected chi connectivity index (χ3v) is 3.82. The Morgan fingerprint density at radius 2 is 2.14 bits per heavy atom. The van der Waals surface area contributed by atoms with Crippen LogP contribution in [0.4, 0.5) is 5.69 Å². The maximum absolute atomic E-state index is 11.2. The topological polar surface area (TPSA) is 93.8 Å². The lowest BCUT2D eigenvalue weighted by Gasteiger charge is -2.31. The second kappa shape index (κ2) is 6.50. The van der Waals surface area contributed by atoms with Crippen LogP contribution in [0.2, 0.25) is 12.6 Å². The van der Waals surface area contributed by atoms with Crippen LogP contribution in [0.15, 0.2) is 12.1 Å². The zero-order valence-electron chi connectivity index (χ0n) is 11.9. The minimum absolute atomic E-state index is 0.0463. The molecule has 0 bridgehead atoms. The van der Waals surface area contributed by atoms with Crippen LogP contribution in [-0.2, 0) is 6.61 Å². The minimum atomic E-state index is -1.09. The van der Waals surface area contributed by atoms with Crippen molar-refractivity contribution in [1.82, 2.24) is 0 Å². The van der Waals surface area contributed by atoms with E-state index in [0.717, 1.165) is 18.3 Å². The van der Waals surface area contributed by atoms with E-state index in [0.29, 0.717) is 24.4 Å². The number of hydrogen-bond donors (Lipinski definition) is 2. The van der Waals surface area contributed by atoms with E-state index in [-0.39, 0.29) is 18.9 Å². The first-order chi connectivity index (χ1) is 10.1. The molecule has 2 N–H and O–H groups in total. The Labute approximate surface area is 123 Å². The molecule has 1 saturated heterocycles. The van der Waals surface area contributed by atoms with Crippen molar-refractivity contribution in [2.75, 3.05) is 25.1 Å². The number of aliphatic hydroxyl groups excluding tert-OH is 1. The molecule has 21 heavy (non-hydrogen) atoms. The van der Waals surface area contributed by atoms with Crippen molar-refractivity contribution >= 4 is 18.4 Å². The Kier molecular flexibility index (Phi) is 4.71. The Hall–Kier alpha value is -2.20. The predicted molar refractivity (Wildman–Crippen MR) is 79.1 cm³/mol. The molecule has 0 radical (unpaired) electrons. The van der Waals surface area contributed by atoms with Crippen LogP contribution in [0.25, 0.3) is 0 Å². The van der Waals surface area contributed by atoms with Crippen molar-refractivity contribution in [1.29, 1.82) is 5.26 Å². The van der Waals surface area contributed by atoms with Gasteiger partial charge in [-0.25, -0.2) is 10.1 Å². The summed E-state index contributed by atoms with van der Waals surface area (Å²) < 4.78 is 5.29. The number of hydrogen-bond acceptors (Lipinski definition) is 5. The van der Waals surface area contributed by atoms with Gasteiger partial charge in [-0.3, -0.25) is 0 Å². The summed E-state index contributed by atoms with van der Waals surface area (Å²) in [6.45, 7) is 1.16. The molecule has 0 saturated carbocycles. The number of benzene rings is 1. The number of rotatable bonds is 4. The quantitative estimate of drug-likeness (QED) is 0.810. The zero-order chi connectivity index (χ0) is 15.4. The molecule has 0 unspecified atom stereocenters. The maximum Gasteiger partial charge on any atom is 0.336 e. The number of carboxylic acids is 1. The Balaban J connectivity index is 2.35. The highest BCUT2D eigenvalue weighted by atomic mass is 16.5. The van der Waals surface area contributed by atoms with E-state index < -0.39 is 5.97 Å². The average Bonchev–Trinajstić information content (AvgIpc) is 2.53. The van der Waals surface area contributed by atoms with Crippen molar-refractivity contribution < 1.29 is 19.7 Å². The number of methoxy groups -OCH3 is 1. The lowest BCUT2D eigenvalue weighted by molar-refractivity contribution is 0.0693. The summed E-state index contributed by atoms with van der Waals surface area (Å²) in [6.07, 6.45) is 1.55. The molecule has 7 heteroatoms. The van der Waals surface area contributed by atoms with E-state index in [2.05, 4.69) is 10.9 Å². The molecule has 1 heterocycles. The maximum atomic E-state index is 11.2. The molecule has 2 rings (SSSR count). The Morgan fingerprint density at radius 3 is 2.62 bits per heavy atom. The van der Waals surface area contributed by atoms with Crippen molar-refractivity contribution in [2.24, 2.45) is 0 Å². The first-order valence-electron chi connectivity index (χ1n) is 6.80. The molecular formula is C14H17BN2O4. The van der Waals surface area contributed by atoms with E-state index in [9.17, 15) is 9.90 Å². The molecule has 0 aliphatic carbocycles. The molecule has 0 aromatic heterocycles. The highest BCUT2D eigenvalue weighted by Crippen LogP contribution is 2.33. The fourth-order valence-electron chi connectivity index (χ4n) is 2.60. The summed E-state index contributed by atoms with van der Waals surface area (Å²) in [5, 5.41) is 27.5. The number of carboxylic acid groups (broad SMARTS) is 1. The van der Waals surface area contributed by atoms with Crippen LogP contribution in [-0.4, -0.2) is 43.1 Å². The van der Waals surface area contributed by atoms with Gasteiger partial charge in [0.05, 0.1) is 25.0 Å². The molecular weight excluding hydrogens is 271 g/mol. The van der Waals surface area contributed by atoms with Gasteiger partial charge in [0.1, 0.15) is 5.75 Å². The summed E-state index contributed by atoms with van der Waals surface area (Å²) in [4.78, 5) is 13.3. The van der Waals surface area contributed by atoms with Gasteiger partial charge in [0.2, 0.25) is 0 Å². The number of nitrogens with zero attached hydrogens (tertiary/aromatic N) is 2. The highest BCUT2D eigenvalue weighted by Gasteiger charge is 2.25. The number of carbonyl (C=O) groups is 1. The van der Waals surface area contributed by atoms with Gasteiger partial charge in [-0.1, -0.05) is 0 Å². The summed E-state index contributed by atoms with van der Waals surface area (Å²) in [6, 6.07) is 3.11. The van der Waals surface area contributed by atoms with E-state index in [4.69, 9.17) is 15.1 Å². The van der Waals surface area contributed by atoms with Crippen LogP contribution in [0.5, 0.6) is 5.75 Å². The lowest BCUT2D eigenvalue weighted by Crippen LogP contribution is -2.36. The SMILES string of the molecule is COc1cc(C(=O)O)c(CO)cc1N1CCB(C#N)CC1. The molecule has 1 fully saturated rings. The molecule has 1 aliphatic rings. The number of aliphatic hydroxyl groups is 1. The minimum Gasteiger partial charge on any atom is -0.495 e. The summed E-state index contributed by atoms with van der Waals surface area (Å²) in [5.41, 5.74) is 1.17. The van der Waals surface area contributed by atoms with Crippen molar-refractivity contribution in [3.8, 4) is 11.7 Å². The monoisotopic (exact) mass is 288 g/mol. The van der Waals surface area contributed by atoms with Gasteiger partial charge in [0.25, 0.3) is 6.71 Å². The first-order valence-corrected chi connectivity index (χ1v) is 6.80. The summed E-state index contributed by atoms with van der Waals surface area (Å²) >= 11 is 0. The second-order valence-corrected chi connectivity index (χ2v) is 5.03. The van der Waals surface area contributed by atoms with Crippen LogP contribution >= 0.6 is 0 Å². The van der Waals surface area contributed by atoms with Crippen LogP contribution < -0.4 is 9.64 Å². The molecule has 1 aliphatic heterocycles. The number of anilines is 1. The van der Waals surface area contributed by atoms with Gasteiger partial charge in [-0.05, 0) is 30.3 Å². The summed E-state index contributed by atoms with van der Waals surface area (Å²) in [7, 11) is 1.49. The van der Waals surface area contributed by atoms with Gasteiger partial charge < -0.3 is 19.8 Å². The number of aromatic carboxylic acids is 1. The molecule has 0 atom stereocenters. The lowest BCUT2D eigenvalue weighted by atomic mass is 9.45. The fourth-order valence-corrected chi connectivity index (χ4v) is 2.60. The van der Waals surface area contributed by atoms with E-state index >= 15 is 0 Å². The van der Waals surface area contributed by atoms with Crippen LogP contribution in [0.3, 0.4) is 0 Å². The van der Waals surface area contributed by atoms with Gasteiger partial charge >= 0.3 is 5.97 Å². The second-order valence-electron chi connectivity index (χ2n) is 5.03. The van der Waals surface area contributed by atoms with Gasteiger partial charge in [0, 0.05) is 19.1 Å². The molecule has 1 aromatic rings. The van der Waals surface area contributed by atoms with Crippen molar-refractivity contribution in [3.05, 3.63) is 23.3 Å². The van der Waals surface area contributed by atoms with E-state index in [1.54, 1.807) is 6.07 Å². The predicted octanol–water partition coefficient (Wildman–Crippen LogP) is 1.26. The first kappa shape index (κ1) is 15.2.